The second-order valence-electron chi connectivity index (χ2n) is 8.52. The number of aromatic nitrogens is 1. The molecule has 3 aromatic rings. The molecule has 0 saturated carbocycles. The monoisotopic (exact) mass is 463 g/mol. The number of carbonyl (C=O) groups is 1. The van der Waals surface area contributed by atoms with E-state index in [1.807, 2.05) is 6.07 Å². The van der Waals surface area contributed by atoms with E-state index in [2.05, 4.69) is 34.5 Å². The average molecular weight is 464 g/mol. The molecule has 1 aromatic heterocycles. The minimum absolute atomic E-state index is 0.167. The molecule has 0 radical (unpaired) electrons. The standard InChI is InChI=1S/C27H30FN3O3/c1-34-24-18-25(32)31-16-15-30(13-6-10-20-7-3-2-4-8-20)14-12-23(31)26(24)27(33)29-19-21-9-5-11-22(28)17-21/h2-5,7-9,11,17-18H,6,10,12-16,19H2,1H3,(H,29,33). The Kier molecular flexibility index (Phi) is 7.75. The maximum atomic E-state index is 13.5. The number of hydrogen-bond acceptors (Lipinski definition) is 4. The smallest absolute Gasteiger partial charge is 0.257 e. The van der Waals surface area contributed by atoms with Crippen LogP contribution in [0.25, 0.3) is 0 Å². The molecule has 6 nitrogen and oxygen atoms in total. The third-order valence-electron chi connectivity index (χ3n) is 6.26. The van der Waals surface area contributed by atoms with Crippen LogP contribution < -0.4 is 15.6 Å². The summed E-state index contributed by atoms with van der Waals surface area (Å²) in [6, 6.07) is 17.9. The second-order valence-corrected chi connectivity index (χ2v) is 8.52. The highest BCUT2D eigenvalue weighted by Crippen LogP contribution is 2.23. The van der Waals surface area contributed by atoms with E-state index < -0.39 is 0 Å². The Bertz CT molecular complexity index is 1190. The summed E-state index contributed by atoms with van der Waals surface area (Å²) in [5.74, 6) is -0.412. The Morgan fingerprint density at radius 2 is 1.82 bits per heavy atom. The van der Waals surface area contributed by atoms with Crippen LogP contribution >= 0.6 is 0 Å². The fourth-order valence-corrected chi connectivity index (χ4v) is 4.49. The highest BCUT2D eigenvalue weighted by atomic mass is 19.1. The summed E-state index contributed by atoms with van der Waals surface area (Å²) in [4.78, 5) is 28.3. The number of halogens is 1. The molecule has 34 heavy (non-hydrogen) atoms. The first-order valence-electron chi connectivity index (χ1n) is 11.6. The Morgan fingerprint density at radius 3 is 2.59 bits per heavy atom. The quantitative estimate of drug-likeness (QED) is 0.556. The lowest BCUT2D eigenvalue weighted by Gasteiger charge is -2.19. The van der Waals surface area contributed by atoms with Crippen molar-refractivity contribution in [2.24, 2.45) is 0 Å². The van der Waals surface area contributed by atoms with Crippen molar-refractivity contribution in [3.63, 3.8) is 0 Å². The summed E-state index contributed by atoms with van der Waals surface area (Å²) in [7, 11) is 1.46. The molecule has 0 aliphatic carbocycles. The molecule has 1 N–H and O–H groups in total. The van der Waals surface area contributed by atoms with E-state index in [0.717, 1.165) is 32.5 Å². The fourth-order valence-electron chi connectivity index (χ4n) is 4.49. The van der Waals surface area contributed by atoms with Crippen LogP contribution in [0.4, 0.5) is 4.39 Å². The van der Waals surface area contributed by atoms with Gasteiger partial charge in [-0.1, -0.05) is 42.5 Å². The number of amides is 1. The van der Waals surface area contributed by atoms with Gasteiger partial charge in [0, 0.05) is 44.4 Å². The molecule has 178 valence electrons. The Hall–Kier alpha value is -3.45. The summed E-state index contributed by atoms with van der Waals surface area (Å²) in [6.45, 7) is 3.14. The molecule has 2 aromatic carbocycles. The van der Waals surface area contributed by atoms with E-state index in [-0.39, 0.29) is 29.6 Å². The average Bonchev–Trinajstić information content (AvgIpc) is 3.06. The van der Waals surface area contributed by atoms with Crippen LogP contribution in [0.15, 0.2) is 65.5 Å². The summed E-state index contributed by atoms with van der Waals surface area (Å²) >= 11 is 0. The minimum atomic E-state index is -0.350. The SMILES string of the molecule is COc1cc(=O)n2c(c1C(=O)NCc1cccc(F)c1)CCN(CCCc1ccccc1)CC2. The molecule has 0 atom stereocenters. The van der Waals surface area contributed by atoms with Crippen LogP contribution in [0.5, 0.6) is 5.75 Å². The lowest BCUT2D eigenvalue weighted by atomic mass is 10.1. The zero-order chi connectivity index (χ0) is 23.9. The maximum Gasteiger partial charge on any atom is 0.257 e. The lowest BCUT2D eigenvalue weighted by Crippen LogP contribution is -2.31. The van der Waals surface area contributed by atoms with Gasteiger partial charge < -0.3 is 19.5 Å². The molecule has 0 fully saturated rings. The molecule has 2 heterocycles. The summed E-state index contributed by atoms with van der Waals surface area (Å²) < 4.78 is 20.6. The normalized spacial score (nSPS) is 13.7. The summed E-state index contributed by atoms with van der Waals surface area (Å²) in [6.07, 6.45) is 2.60. The number of methoxy groups -OCH3 is 1. The summed E-state index contributed by atoms with van der Waals surface area (Å²) in [5.41, 5.74) is 2.88. The van der Waals surface area contributed by atoms with Gasteiger partial charge in [0.05, 0.1) is 7.11 Å². The van der Waals surface area contributed by atoms with Crippen molar-refractivity contribution in [2.45, 2.75) is 32.4 Å². The molecule has 0 bridgehead atoms. The van der Waals surface area contributed by atoms with E-state index in [1.54, 1.807) is 16.7 Å². The van der Waals surface area contributed by atoms with Crippen LogP contribution in [0, 0.1) is 5.82 Å². The minimum Gasteiger partial charge on any atom is -0.496 e. The largest absolute Gasteiger partial charge is 0.496 e. The highest BCUT2D eigenvalue weighted by Gasteiger charge is 2.25. The second kappa shape index (κ2) is 11.1. The Morgan fingerprint density at radius 1 is 1.03 bits per heavy atom. The molecular formula is C27H30FN3O3. The van der Waals surface area contributed by atoms with Crippen molar-refractivity contribution >= 4 is 5.91 Å². The molecule has 1 amide bonds. The van der Waals surface area contributed by atoms with Gasteiger partial charge in [-0.05, 0) is 42.6 Å². The first-order chi connectivity index (χ1) is 16.5. The number of fused-ring (bicyclic) bond motifs is 1. The number of carbonyl (C=O) groups excluding carboxylic acids is 1. The van der Waals surface area contributed by atoms with Gasteiger partial charge in [0.2, 0.25) is 0 Å². The van der Waals surface area contributed by atoms with Crippen molar-refractivity contribution in [1.29, 1.82) is 0 Å². The lowest BCUT2D eigenvalue weighted by molar-refractivity contribution is 0.0945. The van der Waals surface area contributed by atoms with Crippen molar-refractivity contribution in [3.05, 3.63) is 99.2 Å². The van der Waals surface area contributed by atoms with Gasteiger partial charge in [-0.15, -0.1) is 0 Å². The van der Waals surface area contributed by atoms with E-state index >= 15 is 0 Å². The van der Waals surface area contributed by atoms with Crippen LogP contribution in [0.1, 0.15) is 33.6 Å². The Labute approximate surface area is 199 Å². The molecular weight excluding hydrogens is 433 g/mol. The number of pyridine rings is 1. The zero-order valence-corrected chi connectivity index (χ0v) is 19.4. The van der Waals surface area contributed by atoms with Crippen LogP contribution in [-0.4, -0.2) is 42.1 Å². The third-order valence-corrected chi connectivity index (χ3v) is 6.26. The van der Waals surface area contributed by atoms with Gasteiger partial charge in [0.25, 0.3) is 11.5 Å². The zero-order valence-electron chi connectivity index (χ0n) is 19.4. The number of hydrogen-bond donors (Lipinski definition) is 1. The predicted molar refractivity (Wildman–Crippen MR) is 130 cm³/mol. The number of rotatable bonds is 8. The molecule has 0 unspecified atom stereocenters. The fraction of sp³-hybridized carbons (Fsp3) is 0.333. The first kappa shape index (κ1) is 23.7. The van der Waals surface area contributed by atoms with Gasteiger partial charge in [-0.2, -0.15) is 0 Å². The maximum absolute atomic E-state index is 13.5. The summed E-state index contributed by atoms with van der Waals surface area (Å²) in [5, 5.41) is 2.86. The topological polar surface area (TPSA) is 63.6 Å². The Balaban J connectivity index is 1.47. The van der Waals surface area contributed by atoms with Gasteiger partial charge in [-0.25, -0.2) is 4.39 Å². The van der Waals surface area contributed by atoms with Crippen LogP contribution in [-0.2, 0) is 25.9 Å². The molecule has 1 aliphatic heterocycles. The van der Waals surface area contributed by atoms with E-state index in [9.17, 15) is 14.0 Å². The molecule has 7 heteroatoms. The molecule has 1 aliphatic rings. The predicted octanol–water partition coefficient (Wildman–Crippen LogP) is 3.42. The number of nitrogens with zero attached hydrogens (tertiary/aromatic N) is 2. The van der Waals surface area contributed by atoms with Crippen molar-refractivity contribution in [3.8, 4) is 5.75 Å². The van der Waals surface area contributed by atoms with E-state index in [0.29, 0.717) is 29.8 Å². The molecule has 4 rings (SSSR count). The number of benzene rings is 2. The molecule has 0 spiro atoms. The van der Waals surface area contributed by atoms with Crippen molar-refractivity contribution < 1.29 is 13.9 Å². The van der Waals surface area contributed by atoms with Gasteiger partial charge >= 0.3 is 0 Å². The van der Waals surface area contributed by atoms with Gasteiger partial charge in [0.15, 0.2) is 0 Å². The van der Waals surface area contributed by atoms with Crippen molar-refractivity contribution in [2.75, 3.05) is 26.7 Å². The van der Waals surface area contributed by atoms with E-state index in [1.165, 1.54) is 30.9 Å². The van der Waals surface area contributed by atoms with Crippen LogP contribution in [0.3, 0.4) is 0 Å². The van der Waals surface area contributed by atoms with Crippen molar-refractivity contribution in [1.82, 2.24) is 14.8 Å². The van der Waals surface area contributed by atoms with Crippen LogP contribution in [0.2, 0.25) is 0 Å². The third kappa shape index (κ3) is 5.72. The van der Waals surface area contributed by atoms with E-state index in [4.69, 9.17) is 4.74 Å². The van der Waals surface area contributed by atoms with Gasteiger partial charge in [0.1, 0.15) is 17.1 Å². The number of aryl methyl sites for hydroxylation is 1. The highest BCUT2D eigenvalue weighted by molar-refractivity contribution is 5.98. The number of nitrogens with one attached hydrogen (secondary N) is 1. The first-order valence-corrected chi connectivity index (χ1v) is 11.6. The molecule has 0 saturated heterocycles. The number of ether oxygens (including phenoxy) is 1. The van der Waals surface area contributed by atoms with Gasteiger partial charge in [-0.3, -0.25) is 9.59 Å².